The number of nitrogens with zero attached hydrogens (tertiary/aromatic N) is 1. The molecule has 0 saturated heterocycles. The first-order valence-electron chi connectivity index (χ1n) is 4.49. The van der Waals surface area contributed by atoms with Crippen molar-refractivity contribution in [2.45, 2.75) is 18.9 Å². The number of rotatable bonds is 4. The summed E-state index contributed by atoms with van der Waals surface area (Å²) in [4.78, 5) is 14.6. The van der Waals surface area contributed by atoms with Gasteiger partial charge in [0, 0.05) is 6.07 Å². The Morgan fingerprint density at radius 2 is 2.36 bits per heavy atom. The Morgan fingerprint density at radius 1 is 1.57 bits per heavy atom. The van der Waals surface area contributed by atoms with Crippen molar-refractivity contribution in [3.63, 3.8) is 0 Å². The molecule has 1 aliphatic rings. The van der Waals surface area contributed by atoms with Crippen LogP contribution in [0.15, 0.2) is 12.3 Å². The Bertz CT molecular complexity index is 347. The number of aldehydes is 1. The molecule has 4 heteroatoms. The van der Waals surface area contributed by atoms with E-state index in [-0.39, 0.29) is 6.10 Å². The van der Waals surface area contributed by atoms with Crippen LogP contribution < -0.4 is 9.47 Å². The molecule has 1 saturated carbocycles. The Labute approximate surface area is 81.9 Å². The van der Waals surface area contributed by atoms with E-state index in [4.69, 9.17) is 9.47 Å². The summed E-state index contributed by atoms with van der Waals surface area (Å²) < 4.78 is 10.5. The molecule has 0 amide bonds. The monoisotopic (exact) mass is 193 g/mol. The van der Waals surface area contributed by atoms with Crippen molar-refractivity contribution in [1.29, 1.82) is 0 Å². The van der Waals surface area contributed by atoms with Gasteiger partial charge in [0.15, 0.2) is 12.0 Å². The zero-order valence-corrected chi connectivity index (χ0v) is 7.90. The molecule has 1 aliphatic carbocycles. The van der Waals surface area contributed by atoms with Crippen LogP contribution in [-0.4, -0.2) is 24.5 Å². The molecule has 1 aromatic heterocycles. The van der Waals surface area contributed by atoms with Gasteiger partial charge in [-0.2, -0.15) is 0 Å². The molecular formula is C10H11NO3. The minimum Gasteiger partial charge on any atom is -0.495 e. The van der Waals surface area contributed by atoms with Crippen molar-refractivity contribution in [3.8, 4) is 11.5 Å². The van der Waals surface area contributed by atoms with Crippen molar-refractivity contribution >= 4 is 6.29 Å². The van der Waals surface area contributed by atoms with Crippen molar-refractivity contribution in [3.05, 3.63) is 18.0 Å². The minimum atomic E-state index is 0.252. The average Bonchev–Trinajstić information content (AvgIpc) is 3.01. The molecule has 0 aromatic carbocycles. The van der Waals surface area contributed by atoms with Gasteiger partial charge in [-0.1, -0.05) is 0 Å². The van der Waals surface area contributed by atoms with Gasteiger partial charge >= 0.3 is 0 Å². The van der Waals surface area contributed by atoms with Gasteiger partial charge in [0.2, 0.25) is 0 Å². The highest BCUT2D eigenvalue weighted by Gasteiger charge is 2.25. The summed E-state index contributed by atoms with van der Waals surface area (Å²) in [6.45, 7) is 0. The van der Waals surface area contributed by atoms with Crippen LogP contribution in [0, 0.1) is 0 Å². The predicted molar refractivity (Wildman–Crippen MR) is 49.8 cm³/mol. The maximum absolute atomic E-state index is 10.6. The minimum absolute atomic E-state index is 0.252. The fraction of sp³-hybridized carbons (Fsp3) is 0.400. The fourth-order valence-corrected chi connectivity index (χ4v) is 1.10. The molecule has 74 valence electrons. The first kappa shape index (κ1) is 8.99. The van der Waals surface area contributed by atoms with Crippen LogP contribution >= 0.6 is 0 Å². The van der Waals surface area contributed by atoms with Crippen LogP contribution in [0.4, 0.5) is 0 Å². The Kier molecular flexibility index (Phi) is 2.35. The fourth-order valence-electron chi connectivity index (χ4n) is 1.10. The van der Waals surface area contributed by atoms with Crippen molar-refractivity contribution in [1.82, 2.24) is 4.98 Å². The van der Waals surface area contributed by atoms with Gasteiger partial charge in [-0.25, -0.2) is 4.98 Å². The normalized spacial score (nSPS) is 14.9. The van der Waals surface area contributed by atoms with E-state index >= 15 is 0 Å². The van der Waals surface area contributed by atoms with Gasteiger partial charge in [-0.05, 0) is 12.8 Å². The largest absolute Gasteiger partial charge is 0.495 e. The van der Waals surface area contributed by atoms with E-state index in [0.717, 1.165) is 12.8 Å². The highest BCUT2D eigenvalue weighted by Crippen LogP contribution is 2.29. The third-order valence-corrected chi connectivity index (χ3v) is 2.02. The van der Waals surface area contributed by atoms with Crippen molar-refractivity contribution in [2.24, 2.45) is 0 Å². The summed E-state index contributed by atoms with van der Waals surface area (Å²) in [5, 5.41) is 0. The van der Waals surface area contributed by atoms with Crippen LogP contribution in [0.2, 0.25) is 0 Å². The predicted octanol–water partition coefficient (Wildman–Crippen LogP) is 1.44. The molecule has 0 aliphatic heterocycles. The molecule has 2 rings (SSSR count). The van der Waals surface area contributed by atoms with E-state index in [1.165, 1.54) is 6.20 Å². The smallest absolute Gasteiger partial charge is 0.172 e. The lowest BCUT2D eigenvalue weighted by molar-refractivity contribution is 0.111. The zero-order chi connectivity index (χ0) is 9.97. The summed E-state index contributed by atoms with van der Waals surface area (Å²) in [5.74, 6) is 1.12. The summed E-state index contributed by atoms with van der Waals surface area (Å²) in [6, 6.07) is 1.69. The molecule has 0 unspecified atom stereocenters. The highest BCUT2D eigenvalue weighted by atomic mass is 16.5. The maximum Gasteiger partial charge on any atom is 0.172 e. The van der Waals surface area contributed by atoms with Crippen molar-refractivity contribution < 1.29 is 14.3 Å². The van der Waals surface area contributed by atoms with E-state index in [2.05, 4.69) is 4.98 Å². The van der Waals surface area contributed by atoms with Crippen LogP contribution in [0.3, 0.4) is 0 Å². The number of aromatic nitrogens is 1. The molecule has 0 spiro atoms. The first-order valence-corrected chi connectivity index (χ1v) is 4.49. The van der Waals surface area contributed by atoms with Gasteiger partial charge in [0.25, 0.3) is 0 Å². The summed E-state index contributed by atoms with van der Waals surface area (Å²) >= 11 is 0. The van der Waals surface area contributed by atoms with Crippen LogP contribution in [0.25, 0.3) is 0 Å². The number of ether oxygens (including phenoxy) is 2. The lowest BCUT2D eigenvalue weighted by Crippen LogP contribution is -2.01. The standard InChI is InChI=1S/C10H11NO3/c1-13-8-4-10(14-7-2-3-7)9(6-12)11-5-8/h4-7H,2-3H2,1H3. The lowest BCUT2D eigenvalue weighted by atomic mass is 10.3. The van der Waals surface area contributed by atoms with E-state index in [9.17, 15) is 4.79 Å². The van der Waals surface area contributed by atoms with Gasteiger partial charge < -0.3 is 9.47 Å². The van der Waals surface area contributed by atoms with Crippen molar-refractivity contribution in [2.75, 3.05) is 7.11 Å². The summed E-state index contributed by atoms with van der Waals surface area (Å²) in [6.07, 6.45) is 4.55. The average molecular weight is 193 g/mol. The topological polar surface area (TPSA) is 48.4 Å². The van der Waals surface area contributed by atoms with Crippen LogP contribution in [0.1, 0.15) is 23.3 Å². The van der Waals surface area contributed by atoms with Gasteiger partial charge in [-0.15, -0.1) is 0 Å². The zero-order valence-electron chi connectivity index (χ0n) is 7.90. The first-order chi connectivity index (χ1) is 6.83. The Hall–Kier alpha value is -1.58. The maximum atomic E-state index is 10.6. The SMILES string of the molecule is COc1cnc(C=O)c(OC2CC2)c1. The third kappa shape index (κ3) is 1.84. The Morgan fingerprint density at radius 3 is 2.93 bits per heavy atom. The van der Waals surface area contributed by atoms with Gasteiger partial charge in [0.1, 0.15) is 11.4 Å². The molecule has 1 fully saturated rings. The number of methoxy groups -OCH3 is 1. The number of hydrogen-bond acceptors (Lipinski definition) is 4. The molecule has 0 atom stereocenters. The van der Waals surface area contributed by atoms with E-state index in [0.29, 0.717) is 23.5 Å². The van der Waals surface area contributed by atoms with E-state index in [1.54, 1.807) is 13.2 Å². The Balaban J connectivity index is 2.26. The number of hydrogen-bond donors (Lipinski definition) is 0. The number of carbonyl (C=O) groups is 1. The second-order valence-electron chi connectivity index (χ2n) is 3.19. The molecular weight excluding hydrogens is 182 g/mol. The van der Waals surface area contributed by atoms with Gasteiger partial charge in [0.05, 0.1) is 19.4 Å². The van der Waals surface area contributed by atoms with Crippen LogP contribution in [-0.2, 0) is 0 Å². The number of carbonyl (C=O) groups excluding carboxylic acids is 1. The quantitative estimate of drug-likeness (QED) is 0.679. The second-order valence-corrected chi connectivity index (χ2v) is 3.19. The molecule has 14 heavy (non-hydrogen) atoms. The molecule has 0 N–H and O–H groups in total. The second kappa shape index (κ2) is 3.65. The third-order valence-electron chi connectivity index (χ3n) is 2.02. The molecule has 1 aromatic rings. The lowest BCUT2D eigenvalue weighted by Gasteiger charge is -2.07. The molecule has 4 nitrogen and oxygen atoms in total. The summed E-state index contributed by atoms with van der Waals surface area (Å²) in [7, 11) is 1.55. The van der Waals surface area contributed by atoms with E-state index < -0.39 is 0 Å². The molecule has 1 heterocycles. The van der Waals surface area contributed by atoms with Crippen LogP contribution in [0.5, 0.6) is 11.5 Å². The van der Waals surface area contributed by atoms with Gasteiger partial charge in [-0.3, -0.25) is 4.79 Å². The van der Waals surface area contributed by atoms with E-state index in [1.807, 2.05) is 0 Å². The summed E-state index contributed by atoms with van der Waals surface area (Å²) in [5.41, 5.74) is 0.331. The molecule has 0 bridgehead atoms. The highest BCUT2D eigenvalue weighted by molar-refractivity contribution is 5.76. The molecule has 0 radical (unpaired) electrons. The number of pyridine rings is 1.